The first-order valence-electron chi connectivity index (χ1n) is 8.43. The van der Waals surface area contributed by atoms with Crippen LogP contribution >= 0.6 is 22.9 Å². The van der Waals surface area contributed by atoms with Gasteiger partial charge in [-0.1, -0.05) is 17.7 Å². The molecule has 3 aromatic rings. The lowest BCUT2D eigenvalue weighted by molar-refractivity contribution is 0.405. The number of pyridine rings is 1. The smallest absolute Gasteiger partial charge is 0.142 e. The van der Waals surface area contributed by atoms with E-state index in [1.54, 1.807) is 17.4 Å². The first kappa shape index (κ1) is 18.8. The first-order chi connectivity index (χ1) is 12.5. The SMILES string of the molecule is CN(C)CCCNc1cc(/C=C/c2cccs2)nc2cc(Cl)c(F)cc12. The molecule has 0 bridgehead atoms. The topological polar surface area (TPSA) is 28.2 Å². The second-order valence-electron chi connectivity index (χ2n) is 6.31. The zero-order chi connectivity index (χ0) is 18.5. The quantitative estimate of drug-likeness (QED) is 0.531. The lowest BCUT2D eigenvalue weighted by atomic mass is 10.1. The van der Waals surface area contributed by atoms with Gasteiger partial charge in [0.25, 0.3) is 0 Å². The van der Waals surface area contributed by atoms with Crippen LogP contribution in [-0.4, -0.2) is 37.1 Å². The standard InChI is InChI=1S/C20H21ClFN3S/c1-25(2)9-4-8-23-19-11-14(6-7-15-5-3-10-26-15)24-20-13-17(21)18(22)12-16(19)20/h3,5-7,10-13H,4,8-9H2,1-2H3,(H,23,24)/b7-6+. The number of rotatable bonds is 7. The van der Waals surface area contributed by atoms with Crippen molar-refractivity contribution in [2.75, 3.05) is 32.5 Å². The number of nitrogens with one attached hydrogen (secondary N) is 1. The van der Waals surface area contributed by atoms with Gasteiger partial charge in [0, 0.05) is 22.5 Å². The van der Waals surface area contributed by atoms with Crippen LogP contribution in [0.15, 0.2) is 35.7 Å². The van der Waals surface area contributed by atoms with Crippen molar-refractivity contribution < 1.29 is 4.39 Å². The fourth-order valence-electron chi connectivity index (χ4n) is 2.65. The minimum Gasteiger partial charge on any atom is -0.384 e. The highest BCUT2D eigenvalue weighted by Gasteiger charge is 2.09. The molecule has 3 nitrogen and oxygen atoms in total. The maximum absolute atomic E-state index is 14.0. The van der Waals surface area contributed by atoms with E-state index in [0.29, 0.717) is 5.52 Å². The fraction of sp³-hybridized carbons (Fsp3) is 0.250. The molecule has 0 unspecified atom stereocenters. The number of halogens is 2. The van der Waals surface area contributed by atoms with Crippen LogP contribution in [0.4, 0.5) is 10.1 Å². The van der Waals surface area contributed by atoms with Gasteiger partial charge < -0.3 is 10.2 Å². The van der Waals surface area contributed by atoms with Gasteiger partial charge in [-0.3, -0.25) is 0 Å². The minimum atomic E-state index is -0.431. The van der Waals surface area contributed by atoms with Crippen LogP contribution in [0, 0.1) is 5.82 Å². The van der Waals surface area contributed by atoms with E-state index < -0.39 is 5.82 Å². The van der Waals surface area contributed by atoms with Gasteiger partial charge in [-0.05, 0) is 68.9 Å². The van der Waals surface area contributed by atoms with Crippen molar-refractivity contribution in [1.82, 2.24) is 9.88 Å². The van der Waals surface area contributed by atoms with Gasteiger partial charge in [0.2, 0.25) is 0 Å². The summed E-state index contributed by atoms with van der Waals surface area (Å²) in [6.45, 7) is 1.79. The van der Waals surface area contributed by atoms with E-state index in [-0.39, 0.29) is 5.02 Å². The normalized spacial score (nSPS) is 11.7. The molecule has 0 saturated carbocycles. The highest BCUT2D eigenvalue weighted by atomic mass is 35.5. The summed E-state index contributed by atoms with van der Waals surface area (Å²) in [6, 6.07) is 9.05. The molecule has 0 saturated heterocycles. The molecule has 0 spiro atoms. The Bertz CT molecular complexity index is 907. The highest BCUT2D eigenvalue weighted by molar-refractivity contribution is 7.10. The lowest BCUT2D eigenvalue weighted by Gasteiger charge is -2.13. The Balaban J connectivity index is 1.92. The Morgan fingerprint density at radius 2 is 2.12 bits per heavy atom. The molecule has 2 heterocycles. The van der Waals surface area contributed by atoms with Gasteiger partial charge >= 0.3 is 0 Å². The molecule has 0 fully saturated rings. The fourth-order valence-corrected chi connectivity index (χ4v) is 3.42. The maximum atomic E-state index is 14.0. The van der Waals surface area contributed by atoms with Crippen molar-refractivity contribution in [2.24, 2.45) is 0 Å². The molecule has 1 aromatic carbocycles. The van der Waals surface area contributed by atoms with Crippen LogP contribution < -0.4 is 5.32 Å². The lowest BCUT2D eigenvalue weighted by Crippen LogP contribution is -2.16. The Morgan fingerprint density at radius 3 is 2.85 bits per heavy atom. The molecule has 0 aliphatic carbocycles. The second-order valence-corrected chi connectivity index (χ2v) is 7.70. The average Bonchev–Trinajstić information content (AvgIpc) is 3.11. The molecule has 26 heavy (non-hydrogen) atoms. The van der Waals surface area contributed by atoms with Gasteiger partial charge in [0.05, 0.1) is 16.2 Å². The van der Waals surface area contributed by atoms with Crippen molar-refractivity contribution in [2.45, 2.75) is 6.42 Å². The van der Waals surface area contributed by atoms with Crippen LogP contribution in [0.3, 0.4) is 0 Å². The van der Waals surface area contributed by atoms with Crippen molar-refractivity contribution in [1.29, 1.82) is 0 Å². The Morgan fingerprint density at radius 1 is 1.27 bits per heavy atom. The van der Waals surface area contributed by atoms with Crippen LogP contribution in [0.25, 0.3) is 23.1 Å². The third-order valence-electron chi connectivity index (χ3n) is 3.93. The van der Waals surface area contributed by atoms with Crippen molar-refractivity contribution in [3.63, 3.8) is 0 Å². The molecule has 0 aliphatic rings. The van der Waals surface area contributed by atoms with E-state index in [2.05, 4.69) is 21.3 Å². The summed E-state index contributed by atoms with van der Waals surface area (Å²) < 4.78 is 14.0. The molecular weight excluding hydrogens is 369 g/mol. The zero-order valence-electron chi connectivity index (χ0n) is 14.8. The number of nitrogens with zero attached hydrogens (tertiary/aromatic N) is 2. The van der Waals surface area contributed by atoms with E-state index in [1.807, 2.05) is 43.8 Å². The van der Waals surface area contributed by atoms with Crippen molar-refractivity contribution in [3.8, 4) is 0 Å². The molecule has 0 atom stereocenters. The van der Waals surface area contributed by atoms with Gasteiger partial charge in [0.15, 0.2) is 0 Å². The van der Waals surface area contributed by atoms with Crippen LogP contribution in [0.5, 0.6) is 0 Å². The first-order valence-corrected chi connectivity index (χ1v) is 9.68. The number of hydrogen-bond acceptors (Lipinski definition) is 4. The predicted octanol–water partition coefficient (Wildman–Crippen LogP) is 5.62. The summed E-state index contributed by atoms with van der Waals surface area (Å²) in [5.41, 5.74) is 2.36. The molecule has 1 N–H and O–H groups in total. The maximum Gasteiger partial charge on any atom is 0.142 e. The van der Waals surface area contributed by atoms with Gasteiger partial charge in [0.1, 0.15) is 5.82 Å². The number of hydrogen-bond donors (Lipinski definition) is 1. The van der Waals surface area contributed by atoms with E-state index in [4.69, 9.17) is 11.6 Å². The number of thiophene rings is 1. The molecule has 0 amide bonds. The van der Waals surface area contributed by atoms with E-state index in [0.717, 1.165) is 41.2 Å². The largest absolute Gasteiger partial charge is 0.384 e. The number of anilines is 1. The monoisotopic (exact) mass is 389 g/mol. The zero-order valence-corrected chi connectivity index (χ0v) is 16.4. The molecule has 0 aliphatic heterocycles. The Kier molecular flexibility index (Phi) is 6.25. The Labute approximate surface area is 162 Å². The second kappa shape index (κ2) is 8.62. The van der Waals surface area contributed by atoms with Gasteiger partial charge in [-0.25, -0.2) is 9.37 Å². The molecule has 136 valence electrons. The summed E-state index contributed by atoms with van der Waals surface area (Å²) in [5.74, 6) is -0.431. The predicted molar refractivity (Wildman–Crippen MR) is 112 cm³/mol. The Hall–Kier alpha value is -1.95. The van der Waals surface area contributed by atoms with E-state index >= 15 is 0 Å². The molecule has 3 rings (SSSR count). The summed E-state index contributed by atoms with van der Waals surface area (Å²) in [4.78, 5) is 7.91. The van der Waals surface area contributed by atoms with Crippen LogP contribution in [0.1, 0.15) is 17.0 Å². The van der Waals surface area contributed by atoms with Crippen LogP contribution in [-0.2, 0) is 0 Å². The third kappa shape index (κ3) is 4.81. The summed E-state index contributed by atoms with van der Waals surface area (Å²) >= 11 is 7.62. The van der Waals surface area contributed by atoms with E-state index in [1.165, 1.54) is 6.07 Å². The summed E-state index contributed by atoms with van der Waals surface area (Å²) in [6.07, 6.45) is 4.99. The summed E-state index contributed by atoms with van der Waals surface area (Å²) in [5, 5.41) is 6.28. The van der Waals surface area contributed by atoms with Crippen molar-refractivity contribution >= 4 is 51.7 Å². The van der Waals surface area contributed by atoms with Crippen LogP contribution in [0.2, 0.25) is 5.02 Å². The van der Waals surface area contributed by atoms with Gasteiger partial charge in [-0.2, -0.15) is 0 Å². The third-order valence-corrected chi connectivity index (χ3v) is 5.06. The molecule has 6 heteroatoms. The minimum absolute atomic E-state index is 0.0861. The average molecular weight is 390 g/mol. The number of fused-ring (bicyclic) bond motifs is 1. The highest BCUT2D eigenvalue weighted by Crippen LogP contribution is 2.29. The molecule has 2 aromatic heterocycles. The van der Waals surface area contributed by atoms with Gasteiger partial charge in [-0.15, -0.1) is 11.3 Å². The molecular formula is C20H21ClFN3S. The van der Waals surface area contributed by atoms with Crippen molar-refractivity contribution in [3.05, 3.63) is 57.1 Å². The number of aromatic nitrogens is 1. The summed E-state index contributed by atoms with van der Waals surface area (Å²) in [7, 11) is 4.10. The number of benzene rings is 1. The molecule has 0 radical (unpaired) electrons. The van der Waals surface area contributed by atoms with E-state index in [9.17, 15) is 4.39 Å².